The van der Waals surface area contributed by atoms with Gasteiger partial charge in [-0.25, -0.2) is 9.97 Å². The molecule has 0 bridgehead atoms. The van der Waals surface area contributed by atoms with E-state index in [1.165, 1.54) is 11.1 Å². The SMILES string of the molecule is Cc1cc(N2CCC(C(=O)Nc3ncccn3)CC2)c2ccccc2n1. The van der Waals surface area contributed by atoms with Gasteiger partial charge in [0.25, 0.3) is 0 Å². The van der Waals surface area contributed by atoms with Crippen LogP contribution in [0.4, 0.5) is 11.6 Å². The zero-order chi connectivity index (χ0) is 17.9. The van der Waals surface area contributed by atoms with Crippen LogP contribution in [0.2, 0.25) is 0 Å². The van der Waals surface area contributed by atoms with E-state index in [0.717, 1.165) is 37.1 Å². The maximum Gasteiger partial charge on any atom is 0.229 e. The predicted octanol–water partition coefficient (Wildman–Crippen LogP) is 3.19. The van der Waals surface area contributed by atoms with Gasteiger partial charge in [-0.3, -0.25) is 15.1 Å². The quantitative estimate of drug-likeness (QED) is 0.788. The third-order valence-electron chi connectivity index (χ3n) is 4.83. The standard InChI is InChI=1S/C20H21N5O/c1-14-13-18(16-5-2-3-6-17(16)23-14)25-11-7-15(8-12-25)19(26)24-20-21-9-4-10-22-20/h2-6,9-10,13,15H,7-8,11-12H2,1H3,(H,21,22,24,26). The Morgan fingerprint density at radius 1 is 1.12 bits per heavy atom. The Bertz CT molecular complexity index is 920. The lowest BCUT2D eigenvalue weighted by Gasteiger charge is -2.33. The summed E-state index contributed by atoms with van der Waals surface area (Å²) in [7, 11) is 0. The van der Waals surface area contributed by atoms with Crippen molar-refractivity contribution in [2.24, 2.45) is 5.92 Å². The number of amides is 1. The Labute approximate surface area is 152 Å². The van der Waals surface area contributed by atoms with Crippen LogP contribution in [0.15, 0.2) is 48.8 Å². The number of aryl methyl sites for hydroxylation is 1. The molecule has 6 nitrogen and oxygen atoms in total. The maximum atomic E-state index is 12.5. The number of rotatable bonds is 3. The zero-order valence-corrected chi connectivity index (χ0v) is 14.7. The van der Waals surface area contributed by atoms with E-state index in [9.17, 15) is 4.79 Å². The lowest BCUT2D eigenvalue weighted by molar-refractivity contribution is -0.120. The van der Waals surface area contributed by atoms with Gasteiger partial charge >= 0.3 is 0 Å². The second-order valence-electron chi connectivity index (χ2n) is 6.62. The molecule has 1 aromatic carbocycles. The molecule has 4 rings (SSSR count). The van der Waals surface area contributed by atoms with Gasteiger partial charge in [0.2, 0.25) is 11.9 Å². The number of carbonyl (C=O) groups excluding carboxylic acids is 1. The summed E-state index contributed by atoms with van der Waals surface area (Å²) in [4.78, 5) is 27.6. The Kier molecular flexibility index (Phi) is 4.48. The summed E-state index contributed by atoms with van der Waals surface area (Å²) in [6, 6.07) is 12.1. The van der Waals surface area contributed by atoms with Gasteiger partial charge in [-0.1, -0.05) is 18.2 Å². The number of carbonyl (C=O) groups is 1. The molecule has 1 amide bonds. The summed E-state index contributed by atoms with van der Waals surface area (Å²) < 4.78 is 0. The average Bonchev–Trinajstić information content (AvgIpc) is 2.68. The van der Waals surface area contributed by atoms with Gasteiger partial charge in [0, 0.05) is 48.2 Å². The van der Waals surface area contributed by atoms with Crippen molar-refractivity contribution in [3.63, 3.8) is 0 Å². The number of hydrogen-bond acceptors (Lipinski definition) is 5. The molecule has 0 aliphatic carbocycles. The third-order valence-corrected chi connectivity index (χ3v) is 4.83. The van der Waals surface area contributed by atoms with Crippen LogP contribution < -0.4 is 10.2 Å². The van der Waals surface area contributed by atoms with E-state index in [2.05, 4.69) is 37.3 Å². The molecule has 0 spiro atoms. The summed E-state index contributed by atoms with van der Waals surface area (Å²) in [5.74, 6) is 0.367. The Balaban J connectivity index is 1.46. The second kappa shape index (κ2) is 7.07. The van der Waals surface area contributed by atoms with E-state index in [1.54, 1.807) is 18.5 Å². The van der Waals surface area contributed by atoms with E-state index in [-0.39, 0.29) is 11.8 Å². The minimum absolute atomic E-state index is 0.00613. The molecule has 1 saturated heterocycles. The zero-order valence-electron chi connectivity index (χ0n) is 14.7. The number of anilines is 2. The van der Waals surface area contributed by atoms with Crippen molar-refractivity contribution in [3.05, 3.63) is 54.5 Å². The van der Waals surface area contributed by atoms with E-state index in [4.69, 9.17) is 0 Å². The number of hydrogen-bond donors (Lipinski definition) is 1. The number of pyridine rings is 1. The minimum atomic E-state index is -0.00995. The molecule has 1 aliphatic rings. The molecule has 132 valence electrons. The van der Waals surface area contributed by atoms with Gasteiger partial charge in [0.1, 0.15) is 0 Å². The molecule has 26 heavy (non-hydrogen) atoms. The molecule has 1 aliphatic heterocycles. The van der Waals surface area contributed by atoms with Crippen LogP contribution >= 0.6 is 0 Å². The fourth-order valence-corrected chi connectivity index (χ4v) is 3.51. The van der Waals surface area contributed by atoms with Gasteiger partial charge in [-0.15, -0.1) is 0 Å². The number of piperidine rings is 1. The van der Waals surface area contributed by atoms with Gasteiger partial charge < -0.3 is 4.90 Å². The molecular formula is C20H21N5O. The van der Waals surface area contributed by atoms with Crippen LogP contribution in [0.5, 0.6) is 0 Å². The molecule has 0 radical (unpaired) electrons. The first kappa shape index (κ1) is 16.4. The highest BCUT2D eigenvalue weighted by molar-refractivity contribution is 5.93. The molecule has 3 aromatic rings. The van der Waals surface area contributed by atoms with Crippen molar-refractivity contribution in [1.29, 1.82) is 0 Å². The summed E-state index contributed by atoms with van der Waals surface area (Å²) >= 11 is 0. The lowest BCUT2D eigenvalue weighted by atomic mass is 9.95. The van der Waals surface area contributed by atoms with Crippen molar-refractivity contribution in [1.82, 2.24) is 15.0 Å². The number of fused-ring (bicyclic) bond motifs is 1. The molecule has 0 saturated carbocycles. The van der Waals surface area contributed by atoms with E-state index < -0.39 is 0 Å². The second-order valence-corrected chi connectivity index (χ2v) is 6.62. The average molecular weight is 347 g/mol. The van der Waals surface area contributed by atoms with Crippen molar-refractivity contribution in [2.75, 3.05) is 23.3 Å². The van der Waals surface area contributed by atoms with Gasteiger partial charge in [-0.2, -0.15) is 0 Å². The van der Waals surface area contributed by atoms with Gasteiger partial charge in [0.05, 0.1) is 5.52 Å². The van der Waals surface area contributed by atoms with Crippen LogP contribution in [0.3, 0.4) is 0 Å². The molecular weight excluding hydrogens is 326 g/mol. The van der Waals surface area contributed by atoms with E-state index in [1.807, 2.05) is 25.1 Å². The predicted molar refractivity (Wildman–Crippen MR) is 102 cm³/mol. The Hall–Kier alpha value is -3.02. The lowest BCUT2D eigenvalue weighted by Crippen LogP contribution is -2.38. The van der Waals surface area contributed by atoms with Crippen LogP contribution in [0.25, 0.3) is 10.9 Å². The number of para-hydroxylation sites is 1. The van der Waals surface area contributed by atoms with Crippen LogP contribution in [-0.4, -0.2) is 33.9 Å². The van der Waals surface area contributed by atoms with Crippen LogP contribution in [-0.2, 0) is 4.79 Å². The topological polar surface area (TPSA) is 71.0 Å². The molecule has 3 heterocycles. The van der Waals surface area contributed by atoms with Crippen molar-refractivity contribution >= 4 is 28.4 Å². The molecule has 1 fully saturated rings. The number of benzene rings is 1. The first-order valence-corrected chi connectivity index (χ1v) is 8.90. The summed E-state index contributed by atoms with van der Waals surface area (Å²) in [5, 5.41) is 3.98. The van der Waals surface area contributed by atoms with Crippen molar-refractivity contribution in [2.45, 2.75) is 19.8 Å². The summed E-state index contributed by atoms with van der Waals surface area (Å²) in [6.07, 6.45) is 4.88. The van der Waals surface area contributed by atoms with Crippen LogP contribution in [0, 0.1) is 12.8 Å². The molecule has 1 N–H and O–H groups in total. The van der Waals surface area contributed by atoms with Gasteiger partial charge in [-0.05, 0) is 38.0 Å². The monoisotopic (exact) mass is 347 g/mol. The minimum Gasteiger partial charge on any atom is -0.371 e. The summed E-state index contributed by atoms with van der Waals surface area (Å²) in [5.41, 5.74) is 3.24. The normalized spacial score (nSPS) is 15.2. The first-order chi connectivity index (χ1) is 12.7. The van der Waals surface area contributed by atoms with Crippen LogP contribution in [0.1, 0.15) is 18.5 Å². The van der Waals surface area contributed by atoms with E-state index >= 15 is 0 Å². The highest BCUT2D eigenvalue weighted by Crippen LogP contribution is 2.30. The number of nitrogens with zero attached hydrogens (tertiary/aromatic N) is 4. The summed E-state index contributed by atoms with van der Waals surface area (Å²) in [6.45, 7) is 3.72. The number of nitrogens with one attached hydrogen (secondary N) is 1. The highest BCUT2D eigenvalue weighted by atomic mass is 16.2. The Morgan fingerprint density at radius 2 is 1.85 bits per heavy atom. The highest BCUT2D eigenvalue weighted by Gasteiger charge is 2.26. The first-order valence-electron chi connectivity index (χ1n) is 8.90. The fraction of sp³-hybridized carbons (Fsp3) is 0.300. The molecule has 2 aromatic heterocycles. The van der Waals surface area contributed by atoms with Crippen molar-refractivity contribution in [3.8, 4) is 0 Å². The third kappa shape index (κ3) is 3.35. The largest absolute Gasteiger partial charge is 0.371 e. The smallest absolute Gasteiger partial charge is 0.229 e. The van der Waals surface area contributed by atoms with Crippen molar-refractivity contribution < 1.29 is 4.79 Å². The number of aromatic nitrogens is 3. The Morgan fingerprint density at radius 3 is 2.62 bits per heavy atom. The molecule has 6 heteroatoms. The molecule has 0 atom stereocenters. The van der Waals surface area contributed by atoms with Gasteiger partial charge in [0.15, 0.2) is 0 Å². The fourth-order valence-electron chi connectivity index (χ4n) is 3.51. The molecule has 0 unspecified atom stereocenters. The van der Waals surface area contributed by atoms with E-state index in [0.29, 0.717) is 5.95 Å². The maximum absolute atomic E-state index is 12.5.